The third-order valence-corrected chi connectivity index (χ3v) is 3.27. The van der Waals surface area contributed by atoms with E-state index in [1.807, 2.05) is 6.92 Å². The van der Waals surface area contributed by atoms with Crippen molar-refractivity contribution in [1.82, 2.24) is 5.32 Å². The average Bonchev–Trinajstić information content (AvgIpc) is 2.37. The third kappa shape index (κ3) is 6.19. The zero-order chi connectivity index (χ0) is 16.0. The maximum absolute atomic E-state index is 12.4. The smallest absolute Gasteiger partial charge is 0.350 e. The number of alkyl halides is 3. The number of carbonyl (C=O) groups is 1. The molecular weight excluding hydrogens is 279 g/mol. The first-order valence-corrected chi connectivity index (χ1v) is 7.18. The van der Waals surface area contributed by atoms with Gasteiger partial charge in [0.2, 0.25) is 0 Å². The van der Waals surface area contributed by atoms with Gasteiger partial charge in [0.15, 0.2) is 0 Å². The summed E-state index contributed by atoms with van der Waals surface area (Å²) >= 11 is 0. The highest BCUT2D eigenvalue weighted by Crippen LogP contribution is 2.29. The molecule has 0 radical (unpaired) electrons. The molecule has 0 fully saturated rings. The summed E-state index contributed by atoms with van der Waals surface area (Å²) in [4.78, 5) is 11.9. The molecule has 1 rings (SSSR count). The average molecular weight is 301 g/mol. The Bertz CT molecular complexity index is 452. The Hall–Kier alpha value is -1.52. The fourth-order valence-corrected chi connectivity index (χ4v) is 2.02. The lowest BCUT2D eigenvalue weighted by molar-refractivity contribution is -0.137. The number of halogens is 3. The van der Waals surface area contributed by atoms with Gasteiger partial charge in [0, 0.05) is 11.6 Å². The minimum absolute atomic E-state index is 0.0125. The highest BCUT2D eigenvalue weighted by molar-refractivity contribution is 5.94. The van der Waals surface area contributed by atoms with E-state index in [4.69, 9.17) is 0 Å². The Kier molecular flexibility index (Phi) is 6.24. The topological polar surface area (TPSA) is 29.1 Å². The maximum Gasteiger partial charge on any atom is 0.416 e. The first-order chi connectivity index (χ1) is 9.70. The van der Waals surface area contributed by atoms with Gasteiger partial charge in [-0.25, -0.2) is 0 Å². The van der Waals surface area contributed by atoms with E-state index >= 15 is 0 Å². The second-order valence-electron chi connectivity index (χ2n) is 5.77. The second-order valence-corrected chi connectivity index (χ2v) is 5.77. The molecule has 2 nitrogen and oxygen atoms in total. The van der Waals surface area contributed by atoms with Gasteiger partial charge in [-0.1, -0.05) is 26.7 Å². The molecule has 0 heterocycles. The van der Waals surface area contributed by atoms with E-state index in [-0.39, 0.29) is 17.5 Å². The van der Waals surface area contributed by atoms with Crippen molar-refractivity contribution in [3.8, 4) is 0 Å². The van der Waals surface area contributed by atoms with Gasteiger partial charge in [-0.3, -0.25) is 4.79 Å². The van der Waals surface area contributed by atoms with Crippen molar-refractivity contribution < 1.29 is 18.0 Å². The first-order valence-electron chi connectivity index (χ1n) is 7.18. The van der Waals surface area contributed by atoms with Crippen LogP contribution < -0.4 is 5.32 Å². The zero-order valence-corrected chi connectivity index (χ0v) is 12.6. The van der Waals surface area contributed by atoms with Crippen LogP contribution in [0, 0.1) is 5.92 Å². The Labute approximate surface area is 123 Å². The first kappa shape index (κ1) is 17.5. The summed E-state index contributed by atoms with van der Waals surface area (Å²) in [5.74, 6) is 0.295. The van der Waals surface area contributed by atoms with Gasteiger partial charge < -0.3 is 5.32 Å². The van der Waals surface area contributed by atoms with Crippen LogP contribution in [-0.2, 0) is 6.18 Å². The van der Waals surface area contributed by atoms with Crippen molar-refractivity contribution >= 4 is 5.91 Å². The van der Waals surface area contributed by atoms with Crippen LogP contribution in [-0.4, -0.2) is 11.9 Å². The molecule has 5 heteroatoms. The van der Waals surface area contributed by atoms with Gasteiger partial charge in [0.25, 0.3) is 5.91 Å². The minimum atomic E-state index is -4.38. The lowest BCUT2D eigenvalue weighted by Gasteiger charge is -2.15. The Balaban J connectivity index is 2.52. The molecule has 0 aliphatic rings. The quantitative estimate of drug-likeness (QED) is 0.814. The van der Waals surface area contributed by atoms with Crippen LogP contribution in [0.25, 0.3) is 0 Å². The molecule has 21 heavy (non-hydrogen) atoms. The molecule has 1 aromatic carbocycles. The number of rotatable bonds is 6. The van der Waals surface area contributed by atoms with Gasteiger partial charge in [0.1, 0.15) is 0 Å². The maximum atomic E-state index is 12.4. The van der Waals surface area contributed by atoms with Crippen LogP contribution in [0.3, 0.4) is 0 Å². The van der Waals surface area contributed by atoms with Gasteiger partial charge in [-0.15, -0.1) is 0 Å². The van der Waals surface area contributed by atoms with Crippen molar-refractivity contribution in [2.75, 3.05) is 0 Å². The number of amides is 1. The van der Waals surface area contributed by atoms with E-state index in [1.54, 1.807) is 0 Å². The van der Waals surface area contributed by atoms with Crippen LogP contribution in [0.4, 0.5) is 13.2 Å². The van der Waals surface area contributed by atoms with E-state index < -0.39 is 11.7 Å². The molecular formula is C16H22F3NO. The summed E-state index contributed by atoms with van der Waals surface area (Å²) in [6, 6.07) is 4.29. The molecule has 1 aromatic rings. The highest BCUT2D eigenvalue weighted by Gasteiger charge is 2.30. The molecule has 0 spiro atoms. The van der Waals surface area contributed by atoms with Crippen molar-refractivity contribution in [3.05, 3.63) is 35.4 Å². The Morgan fingerprint density at radius 1 is 1.10 bits per heavy atom. The molecule has 1 amide bonds. The van der Waals surface area contributed by atoms with Gasteiger partial charge >= 0.3 is 6.18 Å². The number of carbonyl (C=O) groups excluding carboxylic acids is 1. The van der Waals surface area contributed by atoms with Crippen LogP contribution in [0.1, 0.15) is 56.0 Å². The van der Waals surface area contributed by atoms with Crippen molar-refractivity contribution in [2.24, 2.45) is 5.92 Å². The molecule has 118 valence electrons. The summed E-state index contributed by atoms with van der Waals surface area (Å²) in [5.41, 5.74) is -0.497. The third-order valence-electron chi connectivity index (χ3n) is 3.27. The fraction of sp³-hybridized carbons (Fsp3) is 0.562. The summed E-state index contributed by atoms with van der Waals surface area (Å²) in [7, 11) is 0. The monoisotopic (exact) mass is 301 g/mol. The second kappa shape index (κ2) is 7.48. The fourth-order valence-electron chi connectivity index (χ4n) is 2.02. The van der Waals surface area contributed by atoms with Gasteiger partial charge in [-0.2, -0.15) is 13.2 Å². The van der Waals surface area contributed by atoms with Gasteiger partial charge in [-0.05, 0) is 43.5 Å². The molecule has 0 unspecified atom stereocenters. The molecule has 1 N–H and O–H groups in total. The lowest BCUT2D eigenvalue weighted by atomic mass is 10.0. The van der Waals surface area contributed by atoms with Crippen LogP contribution in [0.5, 0.6) is 0 Å². The van der Waals surface area contributed by atoms with E-state index in [9.17, 15) is 18.0 Å². The highest BCUT2D eigenvalue weighted by atomic mass is 19.4. The van der Waals surface area contributed by atoms with E-state index in [0.29, 0.717) is 5.92 Å². The molecule has 0 saturated carbocycles. The minimum Gasteiger partial charge on any atom is -0.350 e. The predicted octanol–water partition coefficient (Wildman–Crippen LogP) is 4.65. The summed E-state index contributed by atoms with van der Waals surface area (Å²) in [5, 5.41) is 2.81. The molecule has 0 saturated heterocycles. The summed E-state index contributed by atoms with van der Waals surface area (Å²) in [6.07, 6.45) is -1.39. The van der Waals surface area contributed by atoms with Crippen molar-refractivity contribution in [1.29, 1.82) is 0 Å². The van der Waals surface area contributed by atoms with Gasteiger partial charge in [0.05, 0.1) is 5.56 Å². The number of hydrogen-bond donors (Lipinski definition) is 1. The molecule has 0 aliphatic carbocycles. The van der Waals surface area contributed by atoms with Crippen LogP contribution in [0.15, 0.2) is 24.3 Å². The largest absolute Gasteiger partial charge is 0.416 e. The van der Waals surface area contributed by atoms with Crippen LogP contribution in [0.2, 0.25) is 0 Å². The Morgan fingerprint density at radius 2 is 1.67 bits per heavy atom. The number of nitrogens with one attached hydrogen (secondary N) is 1. The predicted molar refractivity (Wildman–Crippen MR) is 77.1 cm³/mol. The molecule has 0 bridgehead atoms. The molecule has 0 aliphatic heterocycles. The molecule has 1 atom stereocenters. The Morgan fingerprint density at radius 3 is 2.14 bits per heavy atom. The van der Waals surface area contributed by atoms with E-state index in [2.05, 4.69) is 19.2 Å². The number of hydrogen-bond acceptors (Lipinski definition) is 1. The van der Waals surface area contributed by atoms with E-state index in [0.717, 1.165) is 31.4 Å². The zero-order valence-electron chi connectivity index (χ0n) is 12.6. The summed E-state index contributed by atoms with van der Waals surface area (Å²) in [6.45, 7) is 6.19. The lowest BCUT2D eigenvalue weighted by Crippen LogP contribution is -2.32. The van der Waals surface area contributed by atoms with Crippen molar-refractivity contribution in [2.45, 2.75) is 52.3 Å². The standard InChI is InChI=1S/C16H22F3NO/c1-11(2)5-4-6-12(3)20-15(21)13-7-9-14(10-8-13)16(17,18)19/h7-12H,4-6H2,1-3H3,(H,20,21)/t12-/m1/s1. The SMILES string of the molecule is CC(C)CCC[C@@H](C)NC(=O)c1ccc(C(F)(F)F)cc1. The van der Waals surface area contributed by atoms with E-state index in [1.165, 1.54) is 12.1 Å². The summed E-state index contributed by atoms with van der Waals surface area (Å²) < 4.78 is 37.3. The molecule has 0 aromatic heterocycles. The normalized spacial score (nSPS) is 13.3. The van der Waals surface area contributed by atoms with Crippen LogP contribution >= 0.6 is 0 Å². The number of benzene rings is 1. The van der Waals surface area contributed by atoms with Crippen molar-refractivity contribution in [3.63, 3.8) is 0 Å².